The molecule has 0 atom stereocenters. The highest BCUT2D eigenvalue weighted by Crippen LogP contribution is 2.19. The highest BCUT2D eigenvalue weighted by Gasteiger charge is 2.15. The lowest BCUT2D eigenvalue weighted by molar-refractivity contribution is -0.142. The second-order valence-electron chi connectivity index (χ2n) is 6.25. The lowest BCUT2D eigenvalue weighted by atomic mass is 10.1. The molecule has 0 aliphatic rings. The van der Waals surface area contributed by atoms with Gasteiger partial charge in [0.1, 0.15) is 18.2 Å². The zero-order valence-electron chi connectivity index (χ0n) is 15.6. The Labute approximate surface area is 166 Å². The molecule has 0 saturated carbocycles. The minimum absolute atomic E-state index is 0.0137. The summed E-state index contributed by atoms with van der Waals surface area (Å²) in [4.78, 5) is 30.3. The number of anilines is 1. The summed E-state index contributed by atoms with van der Waals surface area (Å²) in [5.74, 6) is -0.931. The molecule has 0 aliphatic heterocycles. The lowest BCUT2D eigenvalue weighted by Gasteiger charge is -2.07. The predicted octanol–water partition coefficient (Wildman–Crippen LogP) is 3.10. The van der Waals surface area contributed by atoms with E-state index in [2.05, 4.69) is 15.3 Å². The number of aliphatic hydroxyl groups excluding tert-OH is 1. The van der Waals surface area contributed by atoms with Crippen molar-refractivity contribution >= 4 is 34.2 Å². The monoisotopic (exact) mass is 390 g/mol. The number of carbonyl (C=O) groups is 2. The number of fused-ring (bicyclic) bond motifs is 1. The molecule has 3 aromatic rings. The molecule has 8 nitrogen and oxygen atoms in total. The number of benzene rings is 2. The molecule has 3 N–H and O–H groups in total. The number of allylic oxidation sites excluding steroid dienone is 1. The fourth-order valence-electron chi connectivity index (χ4n) is 2.67. The Morgan fingerprint density at radius 3 is 2.59 bits per heavy atom. The summed E-state index contributed by atoms with van der Waals surface area (Å²) in [5, 5.41) is 22.2. The first kappa shape index (κ1) is 19.6. The van der Waals surface area contributed by atoms with Crippen LogP contribution in [-0.4, -0.2) is 33.6 Å². The van der Waals surface area contributed by atoms with E-state index in [1.807, 2.05) is 18.2 Å². The standard InChI is InChI=1S/C21H18N4O4/c1-13(26)23-15-8-6-14(7-9-15)10-20(28)29-12-19(27)16(11-22)21-24-17-4-2-3-5-18(17)25-21/h2-9,27H,10,12H2,1H3,(H,23,26)(H,24,25)/b19-16-. The fraction of sp³-hybridized carbons (Fsp3) is 0.143. The molecule has 3 rings (SSSR count). The first-order chi connectivity index (χ1) is 14.0. The maximum absolute atomic E-state index is 12.0. The molecular formula is C21H18N4O4. The van der Waals surface area contributed by atoms with Gasteiger partial charge in [-0.05, 0) is 29.8 Å². The third-order valence-corrected chi connectivity index (χ3v) is 4.02. The highest BCUT2D eigenvalue weighted by atomic mass is 16.5. The van der Waals surface area contributed by atoms with Gasteiger partial charge in [0.05, 0.1) is 17.5 Å². The maximum Gasteiger partial charge on any atom is 0.310 e. The minimum Gasteiger partial charge on any atom is -0.507 e. The second kappa shape index (κ2) is 8.71. The molecule has 0 radical (unpaired) electrons. The SMILES string of the molecule is CC(=O)Nc1ccc(CC(=O)OC/C(O)=C(\C#N)c2nc3ccccc3[nH]2)cc1. The number of aliphatic hydroxyl groups is 1. The molecule has 1 aromatic heterocycles. The third kappa shape index (κ3) is 4.99. The van der Waals surface area contributed by atoms with Crippen LogP contribution in [0.3, 0.4) is 0 Å². The van der Waals surface area contributed by atoms with Crippen molar-refractivity contribution in [3.63, 3.8) is 0 Å². The van der Waals surface area contributed by atoms with Crippen LogP contribution in [-0.2, 0) is 20.7 Å². The molecule has 0 spiro atoms. The van der Waals surface area contributed by atoms with E-state index < -0.39 is 12.6 Å². The summed E-state index contributed by atoms with van der Waals surface area (Å²) < 4.78 is 5.07. The van der Waals surface area contributed by atoms with Crippen LogP contribution in [0.4, 0.5) is 5.69 Å². The molecule has 1 amide bonds. The number of nitriles is 1. The van der Waals surface area contributed by atoms with Gasteiger partial charge in [-0.1, -0.05) is 24.3 Å². The maximum atomic E-state index is 12.0. The number of ether oxygens (including phenoxy) is 1. The van der Waals surface area contributed by atoms with Crippen LogP contribution < -0.4 is 5.32 Å². The van der Waals surface area contributed by atoms with Gasteiger partial charge >= 0.3 is 5.97 Å². The number of aromatic amines is 1. The molecule has 1 heterocycles. The summed E-state index contributed by atoms with van der Waals surface area (Å²) >= 11 is 0. The molecule has 0 aliphatic carbocycles. The van der Waals surface area contributed by atoms with Gasteiger partial charge in [-0.25, -0.2) is 4.98 Å². The zero-order chi connectivity index (χ0) is 20.8. The highest BCUT2D eigenvalue weighted by molar-refractivity contribution is 5.88. The number of nitrogens with one attached hydrogen (secondary N) is 2. The predicted molar refractivity (Wildman–Crippen MR) is 107 cm³/mol. The lowest BCUT2D eigenvalue weighted by Crippen LogP contribution is -2.11. The van der Waals surface area contributed by atoms with Gasteiger partial charge in [0, 0.05) is 12.6 Å². The smallest absolute Gasteiger partial charge is 0.310 e. The van der Waals surface area contributed by atoms with Gasteiger partial charge in [-0.15, -0.1) is 0 Å². The van der Waals surface area contributed by atoms with E-state index in [0.29, 0.717) is 16.8 Å². The number of hydrogen-bond donors (Lipinski definition) is 3. The van der Waals surface area contributed by atoms with Crippen LogP contribution in [0.2, 0.25) is 0 Å². The van der Waals surface area contributed by atoms with E-state index in [9.17, 15) is 20.0 Å². The van der Waals surface area contributed by atoms with E-state index in [0.717, 1.165) is 5.52 Å². The topological polar surface area (TPSA) is 128 Å². The van der Waals surface area contributed by atoms with Crippen LogP contribution in [0.5, 0.6) is 0 Å². The number of carbonyl (C=O) groups excluding carboxylic acids is 2. The zero-order valence-corrected chi connectivity index (χ0v) is 15.6. The second-order valence-corrected chi connectivity index (χ2v) is 6.25. The molecule has 0 fully saturated rings. The number of nitrogens with zero attached hydrogens (tertiary/aromatic N) is 2. The van der Waals surface area contributed by atoms with Crippen molar-refractivity contribution in [1.29, 1.82) is 5.26 Å². The summed E-state index contributed by atoms with van der Waals surface area (Å²) in [7, 11) is 0. The number of amides is 1. The van der Waals surface area contributed by atoms with Crippen LogP contribution in [0.1, 0.15) is 18.3 Å². The number of esters is 1. The van der Waals surface area contributed by atoms with Crippen molar-refractivity contribution in [2.24, 2.45) is 0 Å². The number of imidazole rings is 1. The molecule has 29 heavy (non-hydrogen) atoms. The Bertz CT molecular complexity index is 1090. The van der Waals surface area contributed by atoms with Crippen molar-refractivity contribution in [3.8, 4) is 6.07 Å². The number of aromatic nitrogens is 2. The van der Waals surface area contributed by atoms with Gasteiger partial charge in [0.2, 0.25) is 5.91 Å². The van der Waals surface area contributed by atoms with Gasteiger partial charge in [-0.2, -0.15) is 5.26 Å². The Morgan fingerprint density at radius 2 is 1.93 bits per heavy atom. The first-order valence-electron chi connectivity index (χ1n) is 8.75. The summed E-state index contributed by atoms with van der Waals surface area (Å²) in [6.07, 6.45) is -0.0137. The van der Waals surface area contributed by atoms with Crippen LogP contribution in [0.15, 0.2) is 54.3 Å². The first-order valence-corrected chi connectivity index (χ1v) is 8.75. The van der Waals surface area contributed by atoms with E-state index >= 15 is 0 Å². The van der Waals surface area contributed by atoms with Gasteiger partial charge in [-0.3, -0.25) is 9.59 Å². The van der Waals surface area contributed by atoms with Crippen molar-refractivity contribution in [3.05, 3.63) is 65.7 Å². The quantitative estimate of drug-likeness (QED) is 0.337. The van der Waals surface area contributed by atoms with E-state index in [4.69, 9.17) is 4.74 Å². The number of hydrogen-bond acceptors (Lipinski definition) is 6. The van der Waals surface area contributed by atoms with Gasteiger partial charge in [0.15, 0.2) is 11.6 Å². The summed E-state index contributed by atoms with van der Waals surface area (Å²) in [6, 6.07) is 15.8. The number of H-pyrrole nitrogens is 1. The number of rotatable bonds is 6. The average molecular weight is 390 g/mol. The van der Waals surface area contributed by atoms with Gasteiger partial charge < -0.3 is 20.1 Å². The normalized spacial score (nSPS) is 11.4. The molecule has 0 unspecified atom stereocenters. The van der Waals surface area contributed by atoms with Crippen LogP contribution >= 0.6 is 0 Å². The molecule has 0 bridgehead atoms. The Morgan fingerprint density at radius 1 is 1.21 bits per heavy atom. The van der Waals surface area contributed by atoms with E-state index in [-0.39, 0.29) is 29.5 Å². The largest absolute Gasteiger partial charge is 0.507 e. The Balaban J connectivity index is 1.63. The molecule has 146 valence electrons. The Kier molecular flexibility index (Phi) is 5.90. The van der Waals surface area contributed by atoms with E-state index in [1.54, 1.807) is 36.4 Å². The summed E-state index contributed by atoms with van der Waals surface area (Å²) in [6.45, 7) is 0.967. The van der Waals surface area contributed by atoms with Crippen LogP contribution in [0, 0.1) is 11.3 Å². The van der Waals surface area contributed by atoms with Crippen LogP contribution in [0.25, 0.3) is 16.6 Å². The van der Waals surface area contributed by atoms with Gasteiger partial charge in [0.25, 0.3) is 0 Å². The fourth-order valence-corrected chi connectivity index (χ4v) is 2.67. The average Bonchev–Trinajstić information content (AvgIpc) is 3.11. The molecule has 0 saturated heterocycles. The molecule has 2 aromatic carbocycles. The van der Waals surface area contributed by atoms with Crippen molar-refractivity contribution < 1.29 is 19.4 Å². The van der Waals surface area contributed by atoms with E-state index in [1.165, 1.54) is 6.92 Å². The summed E-state index contributed by atoms with van der Waals surface area (Å²) in [5.41, 5.74) is 2.60. The number of para-hydroxylation sites is 2. The third-order valence-electron chi connectivity index (χ3n) is 4.02. The van der Waals surface area contributed by atoms with Crippen molar-refractivity contribution in [1.82, 2.24) is 9.97 Å². The molecule has 8 heteroatoms. The minimum atomic E-state index is -0.564. The Hall–Kier alpha value is -4.12. The van der Waals surface area contributed by atoms with Crippen molar-refractivity contribution in [2.45, 2.75) is 13.3 Å². The molecular weight excluding hydrogens is 372 g/mol. The van der Waals surface area contributed by atoms with Crippen molar-refractivity contribution in [2.75, 3.05) is 11.9 Å².